The maximum atomic E-state index is 7.99. The van der Waals surface area contributed by atoms with Gasteiger partial charge in [-0.1, -0.05) is 0 Å². The third-order valence-corrected chi connectivity index (χ3v) is 3.63. The Morgan fingerprint density at radius 2 is 1.80 bits per heavy atom. The summed E-state index contributed by atoms with van der Waals surface area (Å²) in [6, 6.07) is 15.1. The number of benzene rings is 2. The first kappa shape index (κ1) is 19.1. The molecule has 0 aliphatic rings. The molecule has 0 saturated heterocycles. The molecule has 2 aromatic carbocycles. The van der Waals surface area contributed by atoms with Crippen molar-refractivity contribution in [1.29, 1.82) is 0 Å². The number of aromatic nitrogens is 1. The number of nitrogens with zero attached hydrogens (tertiary/aromatic N) is 1. The summed E-state index contributed by atoms with van der Waals surface area (Å²) in [5, 5.41) is 8.93. The fourth-order valence-electron chi connectivity index (χ4n) is 2.05. The van der Waals surface area contributed by atoms with Crippen molar-refractivity contribution in [2.24, 2.45) is 5.73 Å². The Labute approximate surface area is 152 Å². The molecule has 0 bridgehead atoms. The second kappa shape index (κ2) is 9.88. The van der Waals surface area contributed by atoms with E-state index >= 15 is 0 Å². The van der Waals surface area contributed by atoms with Crippen LogP contribution in [0.15, 0.2) is 59.6 Å². The number of aliphatic hydroxyl groups excluding tert-OH is 1. The van der Waals surface area contributed by atoms with Crippen LogP contribution in [-0.4, -0.2) is 30.4 Å². The SMILES string of the molecule is COc1ccc2c(Oc3ccc(S)cc3)ccnc2c1.NCCCO. The van der Waals surface area contributed by atoms with Gasteiger partial charge in [0.15, 0.2) is 0 Å². The minimum Gasteiger partial charge on any atom is -0.497 e. The number of rotatable bonds is 5. The number of fused-ring (bicyclic) bond motifs is 1. The number of aliphatic hydroxyl groups is 1. The molecule has 0 spiro atoms. The highest BCUT2D eigenvalue weighted by Crippen LogP contribution is 2.30. The number of ether oxygens (including phenoxy) is 2. The van der Waals surface area contributed by atoms with E-state index in [1.807, 2.05) is 48.5 Å². The van der Waals surface area contributed by atoms with Crippen molar-refractivity contribution < 1.29 is 14.6 Å². The highest BCUT2D eigenvalue weighted by atomic mass is 32.1. The number of methoxy groups -OCH3 is 1. The number of thiol groups is 1. The average Bonchev–Trinajstić information content (AvgIpc) is 2.64. The molecule has 0 saturated carbocycles. The zero-order valence-electron chi connectivity index (χ0n) is 14.1. The number of hydrogen-bond donors (Lipinski definition) is 3. The van der Waals surface area contributed by atoms with Crippen LogP contribution in [0.3, 0.4) is 0 Å². The van der Waals surface area contributed by atoms with Crippen LogP contribution in [0.1, 0.15) is 6.42 Å². The van der Waals surface area contributed by atoms with Crippen LogP contribution >= 0.6 is 12.6 Å². The van der Waals surface area contributed by atoms with Crippen LogP contribution in [0.4, 0.5) is 0 Å². The van der Waals surface area contributed by atoms with Gasteiger partial charge in [-0.05, 0) is 55.4 Å². The van der Waals surface area contributed by atoms with Crippen LogP contribution in [0.5, 0.6) is 17.2 Å². The maximum Gasteiger partial charge on any atom is 0.138 e. The van der Waals surface area contributed by atoms with Gasteiger partial charge in [-0.2, -0.15) is 0 Å². The van der Waals surface area contributed by atoms with Gasteiger partial charge in [0.05, 0.1) is 12.6 Å². The summed E-state index contributed by atoms with van der Waals surface area (Å²) >= 11 is 4.26. The van der Waals surface area contributed by atoms with Gasteiger partial charge < -0.3 is 20.3 Å². The Bertz CT molecular complexity index is 792. The summed E-state index contributed by atoms with van der Waals surface area (Å²) < 4.78 is 11.1. The third-order valence-electron chi connectivity index (χ3n) is 3.34. The van der Waals surface area contributed by atoms with Crippen LogP contribution < -0.4 is 15.2 Å². The molecular formula is C19H22N2O3S. The molecular weight excluding hydrogens is 336 g/mol. The van der Waals surface area contributed by atoms with E-state index in [1.165, 1.54) is 0 Å². The zero-order valence-corrected chi connectivity index (χ0v) is 14.9. The molecule has 5 nitrogen and oxygen atoms in total. The van der Waals surface area contributed by atoms with Crippen molar-refractivity contribution in [3.05, 3.63) is 54.7 Å². The lowest BCUT2D eigenvalue weighted by Crippen LogP contribution is -1.99. The lowest BCUT2D eigenvalue weighted by molar-refractivity contribution is 0.291. The summed E-state index contributed by atoms with van der Waals surface area (Å²) in [5.41, 5.74) is 5.82. The summed E-state index contributed by atoms with van der Waals surface area (Å²) in [7, 11) is 1.64. The smallest absolute Gasteiger partial charge is 0.138 e. The van der Waals surface area contributed by atoms with E-state index in [2.05, 4.69) is 17.6 Å². The largest absolute Gasteiger partial charge is 0.497 e. The van der Waals surface area contributed by atoms with Gasteiger partial charge >= 0.3 is 0 Å². The van der Waals surface area contributed by atoms with Gasteiger partial charge in [0.2, 0.25) is 0 Å². The first-order valence-corrected chi connectivity index (χ1v) is 8.33. The fourth-order valence-corrected chi connectivity index (χ4v) is 2.20. The molecule has 132 valence electrons. The fraction of sp³-hybridized carbons (Fsp3) is 0.211. The summed E-state index contributed by atoms with van der Waals surface area (Å²) in [5.74, 6) is 2.32. The quantitative estimate of drug-likeness (QED) is 0.607. The normalized spacial score (nSPS) is 10.1. The average molecular weight is 358 g/mol. The van der Waals surface area contributed by atoms with E-state index in [9.17, 15) is 0 Å². The van der Waals surface area contributed by atoms with Crippen LogP contribution in [0.25, 0.3) is 10.9 Å². The molecule has 25 heavy (non-hydrogen) atoms. The molecule has 3 N–H and O–H groups in total. The Hall–Kier alpha value is -2.28. The van der Waals surface area contributed by atoms with Crippen molar-refractivity contribution in [1.82, 2.24) is 4.98 Å². The third kappa shape index (κ3) is 5.63. The van der Waals surface area contributed by atoms with Gasteiger partial charge in [-0.3, -0.25) is 4.98 Å². The minimum atomic E-state index is 0.219. The lowest BCUT2D eigenvalue weighted by atomic mass is 10.2. The summed E-state index contributed by atoms with van der Waals surface area (Å²) in [6.07, 6.45) is 2.45. The molecule has 0 unspecified atom stereocenters. The van der Waals surface area contributed by atoms with Gasteiger partial charge in [0.25, 0.3) is 0 Å². The Morgan fingerprint density at radius 1 is 1.08 bits per heavy atom. The topological polar surface area (TPSA) is 77.6 Å². The number of nitrogens with two attached hydrogens (primary N) is 1. The van der Waals surface area contributed by atoms with Crippen molar-refractivity contribution >= 4 is 23.5 Å². The van der Waals surface area contributed by atoms with Crippen LogP contribution in [0, 0.1) is 0 Å². The Kier molecular flexibility index (Phi) is 7.53. The molecule has 3 aromatic rings. The number of pyridine rings is 1. The van der Waals surface area contributed by atoms with E-state index in [1.54, 1.807) is 13.3 Å². The molecule has 0 aliphatic carbocycles. The van der Waals surface area contributed by atoms with Crippen molar-refractivity contribution in [3.63, 3.8) is 0 Å². The first-order chi connectivity index (χ1) is 12.2. The highest BCUT2D eigenvalue weighted by Gasteiger charge is 2.05. The maximum absolute atomic E-state index is 7.99. The molecule has 6 heteroatoms. The Balaban J connectivity index is 0.000000399. The van der Waals surface area contributed by atoms with E-state index in [0.29, 0.717) is 6.54 Å². The number of hydrogen-bond acceptors (Lipinski definition) is 6. The summed E-state index contributed by atoms with van der Waals surface area (Å²) in [6.45, 7) is 0.812. The summed E-state index contributed by atoms with van der Waals surface area (Å²) in [4.78, 5) is 5.24. The van der Waals surface area contributed by atoms with Crippen molar-refractivity contribution in [3.8, 4) is 17.2 Å². The van der Waals surface area contributed by atoms with Crippen molar-refractivity contribution in [2.75, 3.05) is 20.3 Å². The Morgan fingerprint density at radius 3 is 2.40 bits per heavy atom. The lowest BCUT2D eigenvalue weighted by Gasteiger charge is -2.09. The highest BCUT2D eigenvalue weighted by molar-refractivity contribution is 7.80. The monoisotopic (exact) mass is 358 g/mol. The van der Waals surface area contributed by atoms with Crippen LogP contribution in [0.2, 0.25) is 0 Å². The molecule has 1 heterocycles. The van der Waals surface area contributed by atoms with Gasteiger partial charge in [0.1, 0.15) is 17.2 Å². The second-order valence-corrected chi connectivity index (χ2v) is 5.67. The first-order valence-electron chi connectivity index (χ1n) is 7.88. The molecule has 3 rings (SSSR count). The van der Waals surface area contributed by atoms with E-state index < -0.39 is 0 Å². The van der Waals surface area contributed by atoms with E-state index in [0.717, 1.165) is 39.5 Å². The molecule has 0 aliphatic heterocycles. The predicted octanol–water partition coefficient (Wildman–Crippen LogP) is 3.65. The van der Waals surface area contributed by atoms with E-state index in [-0.39, 0.29) is 6.61 Å². The van der Waals surface area contributed by atoms with Crippen LogP contribution in [-0.2, 0) is 0 Å². The minimum absolute atomic E-state index is 0.219. The molecule has 0 radical (unpaired) electrons. The zero-order chi connectivity index (χ0) is 18.1. The van der Waals surface area contributed by atoms with Crippen molar-refractivity contribution in [2.45, 2.75) is 11.3 Å². The van der Waals surface area contributed by atoms with Gasteiger partial charge in [-0.25, -0.2) is 0 Å². The molecule has 0 atom stereocenters. The molecule has 0 amide bonds. The van der Waals surface area contributed by atoms with Gasteiger partial charge in [0, 0.05) is 29.2 Å². The molecule has 0 fully saturated rings. The van der Waals surface area contributed by atoms with Gasteiger partial charge in [-0.15, -0.1) is 12.6 Å². The van der Waals surface area contributed by atoms with E-state index in [4.69, 9.17) is 20.3 Å². The second-order valence-electron chi connectivity index (χ2n) is 5.15. The molecule has 1 aromatic heterocycles. The predicted molar refractivity (Wildman–Crippen MR) is 103 cm³/mol. The standard InChI is InChI=1S/C16H13NO2S.C3H9NO/c1-18-12-4-7-14-15(10-12)17-9-8-16(14)19-11-2-5-13(20)6-3-11;4-2-1-3-5/h2-10,20H,1H3;5H,1-4H2.